The van der Waals surface area contributed by atoms with Crippen LogP contribution in [0, 0.1) is 0 Å². The van der Waals surface area contributed by atoms with Gasteiger partial charge in [-0.2, -0.15) is 15.0 Å². The summed E-state index contributed by atoms with van der Waals surface area (Å²) in [5, 5.41) is 7.03. The lowest BCUT2D eigenvalue weighted by Gasteiger charge is -2.27. The Kier molecular flexibility index (Phi) is 7.80. The van der Waals surface area contributed by atoms with Gasteiger partial charge in [-0.1, -0.05) is 41.6 Å². The van der Waals surface area contributed by atoms with Crippen LogP contribution >= 0.6 is 39.3 Å². The molecule has 1 aliphatic rings. The quantitative estimate of drug-likeness (QED) is 0.424. The van der Waals surface area contributed by atoms with Crippen LogP contribution in [0.5, 0.6) is 0 Å². The minimum Gasteiger partial charge on any atom is -0.378 e. The van der Waals surface area contributed by atoms with E-state index >= 15 is 0 Å². The highest BCUT2D eigenvalue weighted by Gasteiger charge is 2.17. The van der Waals surface area contributed by atoms with Gasteiger partial charge in [0.05, 0.1) is 24.0 Å². The number of hydrogen-bond donors (Lipinski definition) is 2. The van der Waals surface area contributed by atoms with E-state index in [2.05, 4.69) is 46.4 Å². The van der Waals surface area contributed by atoms with Crippen molar-refractivity contribution in [3.05, 3.63) is 58.0 Å². The minimum atomic E-state index is -0.181. The molecule has 4 rings (SSSR count). The van der Waals surface area contributed by atoms with Gasteiger partial charge in [-0.05, 0) is 46.3 Å². The molecule has 1 aliphatic heterocycles. The zero-order valence-electron chi connectivity index (χ0n) is 16.9. The molecular weight excluding hydrogens is 516 g/mol. The predicted octanol–water partition coefficient (Wildman–Crippen LogP) is 4.60. The number of aromatic nitrogens is 3. The van der Waals surface area contributed by atoms with Gasteiger partial charge in [0.15, 0.2) is 5.16 Å². The molecule has 32 heavy (non-hydrogen) atoms. The van der Waals surface area contributed by atoms with Gasteiger partial charge < -0.3 is 20.3 Å². The average Bonchev–Trinajstić information content (AvgIpc) is 2.81. The Morgan fingerprint density at radius 3 is 2.62 bits per heavy atom. The monoisotopic (exact) mass is 534 g/mol. The number of nitrogens with zero attached hydrogens (tertiary/aromatic N) is 4. The van der Waals surface area contributed by atoms with E-state index in [1.807, 2.05) is 30.3 Å². The number of carbonyl (C=O) groups is 1. The number of thioether (sulfide) groups is 1. The number of benzene rings is 2. The molecule has 0 spiro atoms. The maximum Gasteiger partial charge on any atom is 0.234 e. The number of anilines is 4. The molecule has 0 atom stereocenters. The molecule has 1 aromatic heterocycles. The van der Waals surface area contributed by atoms with E-state index in [1.54, 1.807) is 18.2 Å². The molecule has 0 bridgehead atoms. The number of para-hydroxylation sites is 1. The van der Waals surface area contributed by atoms with Crippen molar-refractivity contribution in [2.24, 2.45) is 0 Å². The van der Waals surface area contributed by atoms with Crippen LogP contribution < -0.4 is 15.5 Å². The highest BCUT2D eigenvalue weighted by Crippen LogP contribution is 2.26. The smallest absolute Gasteiger partial charge is 0.234 e. The highest BCUT2D eigenvalue weighted by atomic mass is 79.9. The molecule has 0 aliphatic carbocycles. The first kappa shape index (κ1) is 22.8. The van der Waals surface area contributed by atoms with Crippen LogP contribution in [-0.4, -0.2) is 52.9 Å². The number of halogens is 2. The van der Waals surface area contributed by atoms with E-state index in [1.165, 1.54) is 11.8 Å². The van der Waals surface area contributed by atoms with Gasteiger partial charge in [-0.25, -0.2) is 0 Å². The van der Waals surface area contributed by atoms with Crippen molar-refractivity contribution in [2.75, 3.05) is 47.6 Å². The lowest BCUT2D eigenvalue weighted by atomic mass is 10.3. The van der Waals surface area contributed by atoms with Gasteiger partial charge in [-0.15, -0.1) is 0 Å². The van der Waals surface area contributed by atoms with Gasteiger partial charge in [0, 0.05) is 28.9 Å². The zero-order valence-corrected chi connectivity index (χ0v) is 20.1. The zero-order chi connectivity index (χ0) is 22.3. The maximum atomic E-state index is 12.4. The Morgan fingerprint density at radius 1 is 1.09 bits per heavy atom. The third-order valence-electron chi connectivity index (χ3n) is 4.46. The first-order valence-corrected chi connectivity index (χ1v) is 12.0. The standard InChI is InChI=1S/C21H20BrClN6O2S/c22-16-7-6-15(12-17(16)23)24-18(30)13-32-21-27-19(25-14-4-2-1-3-5-14)26-20(28-21)29-8-10-31-11-9-29/h1-7,12H,8-11,13H2,(H,24,30)(H,25,26,27,28). The van der Waals surface area contributed by atoms with Crippen LogP contribution in [0.15, 0.2) is 58.2 Å². The Bertz CT molecular complexity index is 1090. The van der Waals surface area contributed by atoms with Crippen molar-refractivity contribution < 1.29 is 9.53 Å². The molecule has 0 unspecified atom stereocenters. The van der Waals surface area contributed by atoms with Gasteiger partial charge in [0.2, 0.25) is 17.8 Å². The second-order valence-corrected chi connectivity index (χ2v) is 9.00. The number of hydrogen-bond acceptors (Lipinski definition) is 8. The Hall–Kier alpha value is -2.40. The fourth-order valence-electron chi connectivity index (χ4n) is 2.92. The Labute approximate surface area is 203 Å². The predicted molar refractivity (Wildman–Crippen MR) is 131 cm³/mol. The molecule has 166 valence electrons. The van der Waals surface area contributed by atoms with E-state index in [0.29, 0.717) is 54.1 Å². The SMILES string of the molecule is O=C(CSc1nc(Nc2ccccc2)nc(N2CCOCC2)n1)Nc1ccc(Br)c(Cl)c1. The molecule has 2 aromatic carbocycles. The van der Waals surface area contributed by atoms with Crippen LogP contribution in [0.1, 0.15) is 0 Å². The number of amides is 1. The minimum absolute atomic E-state index is 0.144. The summed E-state index contributed by atoms with van der Waals surface area (Å²) in [6, 6.07) is 14.9. The molecule has 1 amide bonds. The molecule has 0 saturated carbocycles. The largest absolute Gasteiger partial charge is 0.378 e. The Morgan fingerprint density at radius 2 is 1.88 bits per heavy atom. The molecule has 2 N–H and O–H groups in total. The molecule has 0 radical (unpaired) electrons. The lowest BCUT2D eigenvalue weighted by molar-refractivity contribution is -0.113. The second kappa shape index (κ2) is 11.0. The summed E-state index contributed by atoms with van der Waals surface area (Å²) < 4.78 is 6.20. The van der Waals surface area contributed by atoms with Crippen LogP contribution in [0.25, 0.3) is 0 Å². The Balaban J connectivity index is 1.47. The van der Waals surface area contributed by atoms with Crippen LogP contribution in [0.2, 0.25) is 5.02 Å². The average molecular weight is 536 g/mol. The number of morpholine rings is 1. The van der Waals surface area contributed by atoms with Crippen LogP contribution in [-0.2, 0) is 9.53 Å². The first-order valence-electron chi connectivity index (χ1n) is 9.85. The summed E-state index contributed by atoms with van der Waals surface area (Å²) in [5.41, 5.74) is 1.49. The topological polar surface area (TPSA) is 92.3 Å². The van der Waals surface area contributed by atoms with E-state index in [9.17, 15) is 4.79 Å². The molecule has 1 saturated heterocycles. The first-order chi connectivity index (χ1) is 15.6. The van der Waals surface area contributed by atoms with Crippen molar-refractivity contribution in [2.45, 2.75) is 5.16 Å². The van der Waals surface area contributed by atoms with Gasteiger partial charge >= 0.3 is 0 Å². The molecule has 8 nitrogen and oxygen atoms in total. The van der Waals surface area contributed by atoms with Crippen molar-refractivity contribution in [3.63, 3.8) is 0 Å². The van der Waals surface area contributed by atoms with Crippen molar-refractivity contribution in [1.29, 1.82) is 0 Å². The van der Waals surface area contributed by atoms with E-state index < -0.39 is 0 Å². The van der Waals surface area contributed by atoms with Gasteiger partial charge in [-0.3, -0.25) is 4.79 Å². The van der Waals surface area contributed by atoms with Gasteiger partial charge in [0.1, 0.15) is 0 Å². The lowest BCUT2D eigenvalue weighted by Crippen LogP contribution is -2.37. The van der Waals surface area contributed by atoms with Crippen LogP contribution in [0.4, 0.5) is 23.3 Å². The molecular formula is C21H20BrClN6O2S. The highest BCUT2D eigenvalue weighted by molar-refractivity contribution is 9.10. The van der Waals surface area contributed by atoms with Crippen molar-refractivity contribution in [3.8, 4) is 0 Å². The molecule has 3 aromatic rings. The molecule has 11 heteroatoms. The van der Waals surface area contributed by atoms with E-state index in [0.717, 1.165) is 10.2 Å². The van der Waals surface area contributed by atoms with Gasteiger partial charge in [0.25, 0.3) is 0 Å². The third kappa shape index (κ3) is 6.32. The van der Waals surface area contributed by atoms with E-state index in [4.69, 9.17) is 16.3 Å². The summed E-state index contributed by atoms with van der Waals surface area (Å²) in [6.07, 6.45) is 0. The second-order valence-electron chi connectivity index (χ2n) is 6.80. The number of rotatable bonds is 7. The molecule has 1 fully saturated rings. The van der Waals surface area contributed by atoms with Crippen molar-refractivity contribution in [1.82, 2.24) is 15.0 Å². The van der Waals surface area contributed by atoms with E-state index in [-0.39, 0.29) is 11.7 Å². The third-order valence-corrected chi connectivity index (χ3v) is 6.54. The summed E-state index contributed by atoms with van der Waals surface area (Å²) in [7, 11) is 0. The number of nitrogens with one attached hydrogen (secondary N) is 2. The summed E-state index contributed by atoms with van der Waals surface area (Å²) >= 11 is 10.7. The summed E-state index contributed by atoms with van der Waals surface area (Å²) in [5.74, 6) is 0.948. The number of carbonyl (C=O) groups excluding carboxylic acids is 1. The van der Waals surface area contributed by atoms with Crippen LogP contribution in [0.3, 0.4) is 0 Å². The summed E-state index contributed by atoms with van der Waals surface area (Å²) in [6.45, 7) is 2.63. The fraction of sp³-hybridized carbons (Fsp3) is 0.238. The fourth-order valence-corrected chi connectivity index (χ4v) is 3.98. The number of ether oxygens (including phenoxy) is 1. The van der Waals surface area contributed by atoms with Crippen molar-refractivity contribution >= 4 is 68.5 Å². The summed E-state index contributed by atoms with van der Waals surface area (Å²) in [4.78, 5) is 28.1. The normalized spacial score (nSPS) is 13.6. The maximum absolute atomic E-state index is 12.4. The molecule has 2 heterocycles.